The van der Waals surface area contributed by atoms with Crippen LogP contribution in [0.1, 0.15) is 19.8 Å². The Morgan fingerprint density at radius 1 is 1.30 bits per heavy atom. The van der Waals surface area contributed by atoms with Crippen molar-refractivity contribution in [3.05, 3.63) is 23.2 Å². The molecule has 128 valence electrons. The summed E-state index contributed by atoms with van der Waals surface area (Å²) in [7, 11) is 2.12. The summed E-state index contributed by atoms with van der Waals surface area (Å²) in [5.41, 5.74) is 0.642. The van der Waals surface area contributed by atoms with Crippen molar-refractivity contribution in [3.8, 4) is 5.75 Å². The lowest BCUT2D eigenvalue weighted by molar-refractivity contribution is -0.117. The second-order valence-corrected chi connectivity index (χ2v) is 6.35. The van der Waals surface area contributed by atoms with E-state index in [1.54, 1.807) is 6.07 Å². The molecule has 0 spiro atoms. The number of hydrogen-bond donors (Lipinski definition) is 1. The molecule has 1 aliphatic heterocycles. The van der Waals surface area contributed by atoms with Gasteiger partial charge in [-0.05, 0) is 45.1 Å². The monoisotopic (exact) mass is 339 g/mol. The molecule has 1 aromatic rings. The van der Waals surface area contributed by atoms with Gasteiger partial charge in [0.1, 0.15) is 0 Å². The van der Waals surface area contributed by atoms with E-state index in [1.807, 2.05) is 19.1 Å². The third-order valence-corrected chi connectivity index (χ3v) is 4.17. The van der Waals surface area contributed by atoms with Crippen molar-refractivity contribution in [1.29, 1.82) is 0 Å². The number of benzene rings is 1. The minimum Gasteiger partial charge on any atom is -0.490 e. The van der Waals surface area contributed by atoms with E-state index in [-0.39, 0.29) is 5.91 Å². The molecular formula is C17H26ClN3O2. The Balaban J connectivity index is 1.95. The third-order valence-electron chi connectivity index (χ3n) is 3.87. The van der Waals surface area contributed by atoms with Crippen molar-refractivity contribution in [2.24, 2.45) is 0 Å². The molecule has 1 aromatic carbocycles. The highest BCUT2D eigenvalue weighted by atomic mass is 35.5. The topological polar surface area (TPSA) is 44.8 Å². The van der Waals surface area contributed by atoms with Gasteiger partial charge in [0.2, 0.25) is 5.91 Å². The Morgan fingerprint density at radius 2 is 2.13 bits per heavy atom. The van der Waals surface area contributed by atoms with E-state index < -0.39 is 0 Å². The summed E-state index contributed by atoms with van der Waals surface area (Å²) in [6.07, 6.45) is 1.98. The summed E-state index contributed by atoms with van der Waals surface area (Å²) in [6.45, 7) is 6.95. The number of amides is 1. The predicted molar refractivity (Wildman–Crippen MR) is 94.4 cm³/mol. The van der Waals surface area contributed by atoms with Crippen molar-refractivity contribution in [2.45, 2.75) is 19.8 Å². The number of ether oxygens (including phenoxy) is 1. The fourth-order valence-electron chi connectivity index (χ4n) is 2.61. The van der Waals surface area contributed by atoms with Gasteiger partial charge >= 0.3 is 0 Å². The minimum absolute atomic E-state index is 0.0295. The highest BCUT2D eigenvalue weighted by Crippen LogP contribution is 2.33. The largest absolute Gasteiger partial charge is 0.490 e. The zero-order chi connectivity index (χ0) is 16.7. The summed E-state index contributed by atoms with van der Waals surface area (Å²) in [6, 6.07) is 5.41. The van der Waals surface area contributed by atoms with Crippen molar-refractivity contribution in [1.82, 2.24) is 9.80 Å². The first kappa shape index (κ1) is 18.0. The molecule has 1 N–H and O–H groups in total. The Kier molecular flexibility index (Phi) is 7.15. The van der Waals surface area contributed by atoms with E-state index in [1.165, 1.54) is 0 Å². The van der Waals surface area contributed by atoms with Gasteiger partial charge in [-0.3, -0.25) is 9.69 Å². The van der Waals surface area contributed by atoms with Crippen LogP contribution in [0.3, 0.4) is 0 Å². The molecule has 0 aliphatic carbocycles. The average Bonchev–Trinajstić information content (AvgIpc) is 2.71. The quantitative estimate of drug-likeness (QED) is 0.865. The van der Waals surface area contributed by atoms with Crippen molar-refractivity contribution in [2.75, 3.05) is 51.7 Å². The summed E-state index contributed by atoms with van der Waals surface area (Å²) in [4.78, 5) is 16.8. The predicted octanol–water partition coefficient (Wildman–Crippen LogP) is 2.70. The van der Waals surface area contributed by atoms with E-state index in [4.69, 9.17) is 16.3 Å². The van der Waals surface area contributed by atoms with Crippen LogP contribution in [0.15, 0.2) is 18.2 Å². The van der Waals surface area contributed by atoms with Crippen LogP contribution in [-0.2, 0) is 4.79 Å². The third kappa shape index (κ3) is 5.68. The van der Waals surface area contributed by atoms with E-state index in [0.717, 1.165) is 39.0 Å². The fourth-order valence-corrected chi connectivity index (χ4v) is 2.84. The first-order valence-electron chi connectivity index (χ1n) is 8.22. The highest BCUT2D eigenvalue weighted by Gasteiger charge is 2.17. The second kappa shape index (κ2) is 9.11. The van der Waals surface area contributed by atoms with E-state index in [9.17, 15) is 4.79 Å². The Bertz CT molecular complexity index is 525. The van der Waals surface area contributed by atoms with Crippen LogP contribution in [0.5, 0.6) is 5.75 Å². The number of para-hydroxylation sites is 1. The highest BCUT2D eigenvalue weighted by molar-refractivity contribution is 6.32. The number of likely N-dealkylation sites (N-methyl/N-ethyl adjacent to an activating group) is 1. The molecule has 2 rings (SSSR count). The number of anilines is 1. The molecule has 1 fully saturated rings. The van der Waals surface area contributed by atoms with Gasteiger partial charge in [0, 0.05) is 13.1 Å². The van der Waals surface area contributed by atoms with Crippen LogP contribution < -0.4 is 10.1 Å². The number of rotatable bonds is 6. The molecule has 23 heavy (non-hydrogen) atoms. The molecule has 0 unspecified atom stereocenters. The zero-order valence-corrected chi connectivity index (χ0v) is 14.7. The number of nitrogens with one attached hydrogen (secondary N) is 1. The summed E-state index contributed by atoms with van der Waals surface area (Å²) >= 11 is 6.19. The smallest absolute Gasteiger partial charge is 0.238 e. The molecule has 0 atom stereocenters. The molecule has 1 aliphatic rings. The van der Waals surface area contributed by atoms with Gasteiger partial charge in [0.15, 0.2) is 5.75 Å². The normalized spacial score (nSPS) is 16.8. The number of halogens is 1. The second-order valence-electron chi connectivity index (χ2n) is 5.95. The van der Waals surface area contributed by atoms with Crippen LogP contribution in [0.4, 0.5) is 5.69 Å². The average molecular weight is 340 g/mol. The Hall–Kier alpha value is -1.30. The van der Waals surface area contributed by atoms with E-state index in [2.05, 4.69) is 22.2 Å². The van der Waals surface area contributed by atoms with Gasteiger partial charge in [0.05, 0.1) is 23.9 Å². The zero-order valence-electron chi connectivity index (χ0n) is 14.0. The van der Waals surface area contributed by atoms with E-state index >= 15 is 0 Å². The fraction of sp³-hybridized carbons (Fsp3) is 0.588. The van der Waals surface area contributed by atoms with Gasteiger partial charge in [-0.2, -0.15) is 0 Å². The van der Waals surface area contributed by atoms with Crippen LogP contribution in [0.2, 0.25) is 5.02 Å². The first-order chi connectivity index (χ1) is 11.1. The van der Waals surface area contributed by atoms with Crippen molar-refractivity contribution < 1.29 is 9.53 Å². The molecule has 0 saturated carbocycles. The summed E-state index contributed by atoms with van der Waals surface area (Å²) < 4.78 is 5.68. The molecule has 0 bridgehead atoms. The minimum atomic E-state index is -0.0295. The standard InChI is InChI=1S/C17H26ClN3O2/c1-3-12-23-17-14(18)6-4-7-15(17)19-16(22)13-21-9-5-8-20(2)10-11-21/h4,6-7H,3,5,8-13H2,1-2H3,(H,19,22). The maximum Gasteiger partial charge on any atom is 0.238 e. The summed E-state index contributed by atoms with van der Waals surface area (Å²) in [5, 5.41) is 3.46. The van der Waals surface area contributed by atoms with Crippen LogP contribution in [-0.4, -0.2) is 62.1 Å². The van der Waals surface area contributed by atoms with Crippen LogP contribution in [0.25, 0.3) is 0 Å². The molecule has 1 heterocycles. The Morgan fingerprint density at radius 3 is 2.91 bits per heavy atom. The Labute approximate surface area is 143 Å². The summed E-state index contributed by atoms with van der Waals surface area (Å²) in [5.74, 6) is 0.526. The number of hydrogen-bond acceptors (Lipinski definition) is 4. The van der Waals surface area contributed by atoms with E-state index in [0.29, 0.717) is 29.6 Å². The molecule has 0 radical (unpaired) electrons. The van der Waals surface area contributed by atoms with Crippen LogP contribution in [0, 0.1) is 0 Å². The van der Waals surface area contributed by atoms with Crippen molar-refractivity contribution >= 4 is 23.2 Å². The van der Waals surface area contributed by atoms with Gasteiger partial charge < -0.3 is 15.0 Å². The lowest BCUT2D eigenvalue weighted by atomic mass is 10.2. The molecule has 0 aromatic heterocycles. The van der Waals surface area contributed by atoms with Crippen molar-refractivity contribution in [3.63, 3.8) is 0 Å². The SMILES string of the molecule is CCCOc1c(Cl)cccc1NC(=O)CN1CCCN(C)CC1. The van der Waals surface area contributed by atoms with Gasteiger partial charge in [-0.1, -0.05) is 24.6 Å². The first-order valence-corrected chi connectivity index (χ1v) is 8.60. The lowest BCUT2D eigenvalue weighted by Gasteiger charge is -2.20. The van der Waals surface area contributed by atoms with Gasteiger partial charge in [-0.25, -0.2) is 0 Å². The maximum absolute atomic E-state index is 12.3. The molecular weight excluding hydrogens is 314 g/mol. The van der Waals surface area contributed by atoms with Gasteiger partial charge in [-0.15, -0.1) is 0 Å². The molecule has 1 amide bonds. The molecule has 6 heteroatoms. The molecule has 1 saturated heterocycles. The van der Waals surface area contributed by atoms with Gasteiger partial charge in [0.25, 0.3) is 0 Å². The lowest BCUT2D eigenvalue weighted by Crippen LogP contribution is -2.36. The van der Waals surface area contributed by atoms with Crippen LogP contribution >= 0.6 is 11.6 Å². The number of carbonyl (C=O) groups excluding carboxylic acids is 1. The molecule has 5 nitrogen and oxygen atoms in total. The number of nitrogens with zero attached hydrogens (tertiary/aromatic N) is 2. The maximum atomic E-state index is 12.3. The number of carbonyl (C=O) groups is 1.